The van der Waals surface area contributed by atoms with Crippen LogP contribution in [0.4, 0.5) is 73.6 Å². The van der Waals surface area contributed by atoms with Crippen molar-refractivity contribution < 1.29 is 153 Å². The van der Waals surface area contributed by atoms with Gasteiger partial charge in [0.05, 0.1) is 90.2 Å². The summed E-state index contributed by atoms with van der Waals surface area (Å²) in [5, 5.41) is 17.3. The largest absolute Gasteiger partial charge is 1.00 e. The summed E-state index contributed by atoms with van der Waals surface area (Å²) in [5.74, 6) is -0.757. The molecular formula is C100H113BrCl3F9LiN7O19. The molecule has 3 aliphatic carbocycles. The van der Waals surface area contributed by atoms with Crippen molar-refractivity contribution in [3.63, 3.8) is 0 Å². The minimum atomic E-state index is -4.87. The molecule has 26 nitrogen and oxygen atoms in total. The maximum atomic E-state index is 14.2. The van der Waals surface area contributed by atoms with Gasteiger partial charge < -0.3 is 93.8 Å². The molecule has 3 fully saturated rings. The van der Waals surface area contributed by atoms with E-state index in [-0.39, 0.29) is 106 Å². The third-order valence-corrected chi connectivity index (χ3v) is 25.4. The Balaban J connectivity index is 0.000000257. The number of methoxy groups -OCH3 is 5. The number of carboxylic acid groups (broad SMARTS) is 1. The normalized spacial score (nSPS) is 17.2. The summed E-state index contributed by atoms with van der Waals surface area (Å²) in [6, 6.07) is 42.4. The molecule has 9 atom stereocenters. The number of hydrogen-bond donors (Lipinski definition) is 4. The number of amides is 3. The number of esters is 2. The summed E-state index contributed by atoms with van der Waals surface area (Å²) in [5.41, 5.74) is 15.0. The number of aliphatic carboxylic acids is 1. The smallest absolute Gasteiger partial charge is 0.870 e. The van der Waals surface area contributed by atoms with Crippen LogP contribution in [0.25, 0.3) is 0 Å². The van der Waals surface area contributed by atoms with Crippen LogP contribution in [0.3, 0.4) is 0 Å². The number of anilines is 6. The van der Waals surface area contributed by atoms with E-state index in [2.05, 4.69) is 85.0 Å². The average Bonchev–Trinajstić information content (AvgIpc) is 1.61. The fourth-order valence-electron chi connectivity index (χ4n) is 16.6. The second-order valence-electron chi connectivity index (χ2n) is 34.1. The summed E-state index contributed by atoms with van der Waals surface area (Å²) < 4.78 is 170. The van der Waals surface area contributed by atoms with E-state index in [1.165, 1.54) is 91.7 Å². The van der Waals surface area contributed by atoms with Crippen molar-refractivity contribution in [1.29, 1.82) is 0 Å². The van der Waals surface area contributed by atoms with Gasteiger partial charge in [-0.2, -0.15) is 0 Å². The van der Waals surface area contributed by atoms with Gasteiger partial charge in [-0.3, -0.25) is 33.7 Å². The first kappa shape index (κ1) is 112. The van der Waals surface area contributed by atoms with E-state index in [4.69, 9.17) is 73.7 Å². The predicted octanol–water partition coefficient (Wildman–Crippen LogP) is 19.4. The summed E-state index contributed by atoms with van der Waals surface area (Å²) >= 11 is 21.8. The zero-order chi connectivity index (χ0) is 101. The van der Waals surface area contributed by atoms with Crippen molar-refractivity contribution >= 4 is 120 Å². The minimum Gasteiger partial charge on any atom is -0.870 e. The van der Waals surface area contributed by atoms with E-state index in [1.807, 2.05) is 20.8 Å². The first-order valence-electron chi connectivity index (χ1n) is 44.2. The van der Waals surface area contributed by atoms with Crippen molar-refractivity contribution in [2.75, 3.05) is 113 Å². The molecule has 15 rings (SSSR count). The molecule has 6 N–H and O–H groups in total. The van der Waals surface area contributed by atoms with E-state index < -0.39 is 65.3 Å². The number of alkyl halides is 10. The Morgan fingerprint density at radius 1 is 0.450 bits per heavy atom. The minimum absolute atomic E-state index is 0. The second-order valence-corrected chi connectivity index (χ2v) is 36.4. The van der Waals surface area contributed by atoms with Crippen molar-refractivity contribution in [3.8, 4) is 51.7 Å². The molecule has 0 saturated heterocycles. The average molecular weight is 2080 g/mol. The van der Waals surface area contributed by atoms with Gasteiger partial charge in [-0.15, -0.1) is 39.5 Å². The number of nitrogen functional groups attached to an aromatic ring is 1. The maximum absolute atomic E-state index is 14.2. The number of carbonyl (C=O) groups is 6. The fourth-order valence-corrected chi connectivity index (χ4v) is 18.0. The number of hydrogen-bond acceptors (Lipinski definition) is 22. The monoisotopic (exact) mass is 2080 g/mol. The molecule has 3 unspecified atom stereocenters. The zero-order valence-electron chi connectivity index (χ0n) is 79.2. The number of halogens is 13. The summed E-state index contributed by atoms with van der Waals surface area (Å²) in [6.45, 7) is 19.8. The standard InChI is InChI=1S/C31H30ClF3N2O6.C30H28ClF3N2O6.C18H14BrClF3NO2.C13H17NO4.C8H19N.Li.H2O.2H2/c1-17-10-20(32)5-7-25(17)28(29(38)37-9-8-18-4-6-22(15-27(18)37)43-31(33,34)35)36-21-12-23(40-2)14-24(13-21)42-16-19-11-26(19)30(39)41-3;1-16-9-19(31)4-6-24(16)27(28(37)36-8-7-17-3-5-21(14-26(17)36)42-30(32,33)34)35-20-11-22(40-2)13-23(12-20)41-15-18-10-25(18)29(38)39;1-10-8-12(20)3-5-14(10)16(19)17(25)24-7-6-11-2-4-13(9-15(11)24)26-18(21,22)23;1-16-10-4-9(14)5-11(6-10)18-7-8-3-12(8)13(15)17-2;1-6-9(7(2)3)8(4)5;;;;/h4-7,10,12-15,19,26,28,36H,8-9,11,16H2,1-3H3;3-6,9,11-14,18,25,27,35H,7-8,10,15H2,1-2H3,(H,38,39);2-5,8-9,16H,6-7H2,1H3;4-6,8,12H,3,7,14H2,1-2H3;7-8H,6H2,1-5H3;;1H2;2*1H/q;;;;;+1;;;/p-1/t19-,26+,28?;18-,25+,27?;;8-,12+;;;;;/m11.1...../s1. The fraction of sp³-hybridized carbons (Fsp3) is 0.400. The number of ether oxygens (including phenoxy) is 11. The van der Waals surface area contributed by atoms with Gasteiger partial charge in [0.1, 0.15) is 68.7 Å². The molecule has 3 amide bonds. The van der Waals surface area contributed by atoms with Crippen LogP contribution in [0.15, 0.2) is 164 Å². The van der Waals surface area contributed by atoms with E-state index in [9.17, 15) is 73.4 Å². The first-order chi connectivity index (χ1) is 65.2. The van der Waals surface area contributed by atoms with Crippen LogP contribution in [0.5, 0.6) is 51.7 Å². The molecule has 40 heteroatoms. The molecule has 0 spiro atoms. The molecule has 754 valence electrons. The number of aryl methyl sites for hydroxylation is 3. The maximum Gasteiger partial charge on any atom is 1.00 e. The number of nitrogens with zero attached hydrogens (tertiary/aromatic N) is 4. The van der Waals surface area contributed by atoms with Crippen LogP contribution in [0, 0.1) is 56.3 Å². The molecule has 6 aliphatic rings. The summed E-state index contributed by atoms with van der Waals surface area (Å²) in [6.07, 6.45) is -10.9. The summed E-state index contributed by atoms with van der Waals surface area (Å²) in [7, 11) is 7.32. The summed E-state index contributed by atoms with van der Waals surface area (Å²) in [4.78, 5) is 81.7. The van der Waals surface area contributed by atoms with Crippen molar-refractivity contribution in [1.82, 2.24) is 4.90 Å². The van der Waals surface area contributed by atoms with Crippen LogP contribution >= 0.6 is 50.7 Å². The molecule has 0 bridgehead atoms. The second kappa shape index (κ2) is 49.4. The Morgan fingerprint density at radius 3 is 1.06 bits per heavy atom. The van der Waals surface area contributed by atoms with Crippen LogP contribution in [-0.2, 0) is 57.5 Å². The predicted molar refractivity (Wildman–Crippen MR) is 516 cm³/mol. The Labute approximate surface area is 843 Å². The van der Waals surface area contributed by atoms with Crippen LogP contribution < -0.4 is 92.6 Å². The van der Waals surface area contributed by atoms with Gasteiger partial charge in [-0.05, 0) is 198 Å². The number of nitrogens with two attached hydrogens (primary N) is 1. The number of fused-ring (bicyclic) bond motifs is 3. The number of benzene rings is 9. The third-order valence-electron chi connectivity index (χ3n) is 23.8. The molecule has 3 aliphatic heterocycles. The Hall–Kier alpha value is -11.4. The molecule has 3 saturated carbocycles. The molecule has 3 heterocycles. The quantitative estimate of drug-likeness (QED) is 0.0103. The van der Waals surface area contributed by atoms with Crippen LogP contribution in [0.1, 0.15) is 124 Å². The van der Waals surface area contributed by atoms with E-state index >= 15 is 0 Å². The van der Waals surface area contributed by atoms with Gasteiger partial charge in [0.25, 0.3) is 11.8 Å². The number of carboxylic acids is 1. The molecule has 0 radical (unpaired) electrons. The van der Waals surface area contributed by atoms with Gasteiger partial charge in [-0.25, -0.2) is 0 Å². The molecular weight excluding hydrogens is 1970 g/mol. The molecule has 140 heavy (non-hydrogen) atoms. The molecule has 9 aromatic carbocycles. The van der Waals surface area contributed by atoms with E-state index in [0.29, 0.717) is 159 Å². The SMILES string of the molecule is CCN(C(C)C)C(C)C.COC(=O)[C@H]1C[C@@H]1COc1cc(N)cc(OC)c1.COC(=O)[C@H]1C[C@@H]1COc1cc(NC(C(=O)N2CCc3ccc(OC(F)(F)F)cc32)c2ccc(Cl)cc2C)cc(OC)c1.COc1cc(NC(C(=O)N2CCc3ccc(OC(F)(F)F)cc32)c2ccc(Cl)cc2C)cc(OC[C@H]2C[C@@H]2C(=O)O)c1.Cc1cc(Cl)ccc1C(Br)C(=O)N1CCc2ccc(OC(F)(F)F)cc21.[HH].[HH].[Li+].[OH-]. The van der Waals surface area contributed by atoms with Crippen LogP contribution in [-0.4, -0.2) is 164 Å². The van der Waals surface area contributed by atoms with Gasteiger partial charge >= 0.3 is 55.9 Å². The topological polar surface area (TPSA) is 317 Å². The van der Waals surface area contributed by atoms with Crippen molar-refractivity contribution in [3.05, 3.63) is 229 Å². The third kappa shape index (κ3) is 31.1. The zero-order valence-corrected chi connectivity index (χ0v) is 83.1. The van der Waals surface area contributed by atoms with Crippen molar-refractivity contribution in [2.45, 2.75) is 142 Å². The van der Waals surface area contributed by atoms with Gasteiger partial charge in [-0.1, -0.05) is 94.1 Å². The van der Waals surface area contributed by atoms with Crippen LogP contribution in [0.2, 0.25) is 15.1 Å². The van der Waals surface area contributed by atoms with Gasteiger partial charge in [0.15, 0.2) is 0 Å². The van der Waals surface area contributed by atoms with Gasteiger partial charge in [0, 0.05) is 157 Å². The van der Waals surface area contributed by atoms with Gasteiger partial charge in [0.2, 0.25) is 5.91 Å². The molecule has 0 aromatic heterocycles. The Kier molecular flexibility index (Phi) is 39.6. The van der Waals surface area contributed by atoms with E-state index in [0.717, 1.165) is 51.9 Å². The Morgan fingerprint density at radius 2 is 0.757 bits per heavy atom. The number of rotatable bonds is 31. The number of nitrogens with one attached hydrogen (secondary N) is 2. The molecule has 9 aromatic rings. The first-order valence-corrected chi connectivity index (χ1v) is 46.2. The van der Waals surface area contributed by atoms with Crippen molar-refractivity contribution in [2.24, 2.45) is 35.5 Å². The Bertz CT molecular complexity index is 5860. The number of carbonyl (C=O) groups excluding carboxylic acids is 5. The van der Waals surface area contributed by atoms with E-state index in [1.54, 1.807) is 122 Å².